The Bertz CT molecular complexity index is 593. The summed E-state index contributed by atoms with van der Waals surface area (Å²) in [6.07, 6.45) is 0.761. The maximum Gasteiger partial charge on any atom is 0.317 e. The SMILES string of the molecule is [N-]=[N+]=NS(=O)(=O)C1CC2CC1C1C(=O)OC(=O)C21. The van der Waals surface area contributed by atoms with Crippen molar-refractivity contribution in [1.82, 2.24) is 0 Å². The molecule has 0 aromatic rings. The van der Waals surface area contributed by atoms with Gasteiger partial charge in [0.05, 0.1) is 17.1 Å². The highest BCUT2D eigenvalue weighted by molar-refractivity contribution is 7.90. The van der Waals surface area contributed by atoms with Crippen molar-refractivity contribution >= 4 is 22.0 Å². The van der Waals surface area contributed by atoms with Crippen molar-refractivity contribution in [2.24, 2.45) is 28.2 Å². The lowest BCUT2D eigenvalue weighted by atomic mass is 9.81. The van der Waals surface area contributed by atoms with Gasteiger partial charge in [-0.25, -0.2) is 8.42 Å². The van der Waals surface area contributed by atoms with E-state index in [9.17, 15) is 18.0 Å². The molecule has 9 heteroatoms. The van der Waals surface area contributed by atoms with E-state index in [0.717, 1.165) is 0 Å². The Labute approximate surface area is 102 Å². The number of hydrogen-bond donors (Lipinski definition) is 0. The molecular formula is C9H9N3O5S. The number of rotatable bonds is 2. The molecule has 8 nitrogen and oxygen atoms in total. The van der Waals surface area contributed by atoms with E-state index >= 15 is 0 Å². The smallest absolute Gasteiger partial charge is 0.317 e. The number of ether oxygens (including phenoxy) is 1. The highest BCUT2D eigenvalue weighted by atomic mass is 32.2. The standard InChI is InChI=1S/C9H9N3O5S/c10-11-12-18(15,16)5-2-3-1-4(5)7-6(3)8(13)17-9(7)14/h3-7H,1-2H2. The molecule has 18 heavy (non-hydrogen) atoms. The lowest BCUT2D eigenvalue weighted by Gasteiger charge is -2.25. The number of azide groups is 1. The highest BCUT2D eigenvalue weighted by Gasteiger charge is 2.65. The summed E-state index contributed by atoms with van der Waals surface area (Å²) in [6, 6.07) is 0. The van der Waals surface area contributed by atoms with Gasteiger partial charge in [-0.2, -0.15) is 0 Å². The van der Waals surface area contributed by atoms with Gasteiger partial charge in [-0.1, -0.05) is 0 Å². The van der Waals surface area contributed by atoms with E-state index in [1.54, 1.807) is 0 Å². The summed E-state index contributed by atoms with van der Waals surface area (Å²) in [5.74, 6) is -2.98. The molecule has 1 saturated heterocycles. The normalized spacial score (nSPS) is 41.4. The van der Waals surface area contributed by atoms with Crippen LogP contribution >= 0.6 is 0 Å². The minimum atomic E-state index is -3.93. The van der Waals surface area contributed by atoms with Crippen molar-refractivity contribution in [3.05, 3.63) is 10.4 Å². The molecule has 0 N–H and O–H groups in total. The number of fused-ring (bicyclic) bond motifs is 5. The third kappa shape index (κ3) is 1.31. The number of nitrogens with zero attached hydrogens (tertiary/aromatic N) is 3. The van der Waals surface area contributed by atoms with Crippen molar-refractivity contribution in [3.8, 4) is 0 Å². The molecular weight excluding hydrogens is 262 g/mol. The van der Waals surface area contributed by atoms with Crippen LogP contribution in [0.4, 0.5) is 0 Å². The molecule has 2 bridgehead atoms. The Kier molecular flexibility index (Phi) is 2.21. The summed E-state index contributed by atoms with van der Waals surface area (Å²) >= 11 is 0. The summed E-state index contributed by atoms with van der Waals surface area (Å²) in [5.41, 5.74) is 8.25. The molecule has 2 aliphatic carbocycles. The predicted molar refractivity (Wildman–Crippen MR) is 56.1 cm³/mol. The van der Waals surface area contributed by atoms with Crippen molar-refractivity contribution in [2.75, 3.05) is 0 Å². The lowest BCUT2D eigenvalue weighted by Crippen LogP contribution is -2.36. The van der Waals surface area contributed by atoms with Crippen LogP contribution in [0.3, 0.4) is 0 Å². The summed E-state index contributed by atoms with van der Waals surface area (Å²) in [7, 11) is -3.93. The Morgan fingerprint density at radius 1 is 1.22 bits per heavy atom. The van der Waals surface area contributed by atoms with Gasteiger partial charge in [0, 0.05) is 9.43 Å². The Hall–Kier alpha value is -1.60. The maximum absolute atomic E-state index is 11.7. The summed E-state index contributed by atoms with van der Waals surface area (Å²) in [6.45, 7) is 0. The van der Waals surface area contributed by atoms with Crippen LogP contribution in [-0.2, 0) is 24.3 Å². The number of esters is 2. The third-order valence-electron chi connectivity index (χ3n) is 4.22. The first kappa shape index (κ1) is 11.5. The van der Waals surface area contributed by atoms with Crippen molar-refractivity contribution in [3.63, 3.8) is 0 Å². The van der Waals surface area contributed by atoms with E-state index in [-0.39, 0.29) is 12.3 Å². The maximum atomic E-state index is 11.7. The summed E-state index contributed by atoms with van der Waals surface area (Å²) in [5, 5.41) is -0.863. The van der Waals surface area contributed by atoms with Gasteiger partial charge in [-0.05, 0) is 30.2 Å². The molecule has 3 rings (SSSR count). The molecule has 1 heterocycles. The van der Waals surface area contributed by atoms with Gasteiger partial charge in [-0.3, -0.25) is 9.59 Å². The fourth-order valence-electron chi connectivity index (χ4n) is 3.65. The van der Waals surface area contributed by atoms with Crippen molar-refractivity contribution < 1.29 is 22.7 Å². The number of hydrogen-bond acceptors (Lipinski definition) is 5. The Morgan fingerprint density at radius 3 is 2.56 bits per heavy atom. The average molecular weight is 271 g/mol. The minimum absolute atomic E-state index is 0.160. The first-order valence-corrected chi connectivity index (χ1v) is 7.02. The van der Waals surface area contributed by atoms with E-state index < -0.39 is 45.0 Å². The predicted octanol–water partition coefficient (Wildman–Crippen LogP) is 0.351. The van der Waals surface area contributed by atoms with E-state index in [1.165, 1.54) is 0 Å². The quantitative estimate of drug-likeness (QED) is 0.235. The highest BCUT2D eigenvalue weighted by Crippen LogP contribution is 2.57. The molecule has 0 spiro atoms. The summed E-state index contributed by atoms with van der Waals surface area (Å²) < 4.78 is 30.9. The topological polar surface area (TPSA) is 126 Å². The molecule has 3 aliphatic rings. The Morgan fingerprint density at radius 2 is 1.89 bits per heavy atom. The van der Waals surface area contributed by atoms with Crippen LogP contribution in [-0.4, -0.2) is 25.6 Å². The number of carbonyl (C=O) groups is 2. The molecule has 5 atom stereocenters. The van der Waals surface area contributed by atoms with Crippen LogP contribution in [0, 0.1) is 23.7 Å². The zero-order valence-corrected chi connectivity index (χ0v) is 9.91. The first-order chi connectivity index (χ1) is 8.45. The van der Waals surface area contributed by atoms with Crippen LogP contribution in [0.25, 0.3) is 10.4 Å². The summed E-state index contributed by atoms with van der Waals surface area (Å²) in [4.78, 5) is 25.3. The number of sulfonamides is 1. The van der Waals surface area contributed by atoms with Gasteiger partial charge in [-0.15, -0.1) is 0 Å². The van der Waals surface area contributed by atoms with Crippen LogP contribution in [0.2, 0.25) is 0 Å². The zero-order valence-electron chi connectivity index (χ0n) is 9.09. The second-order valence-corrected chi connectivity index (χ2v) is 6.71. The largest absolute Gasteiger partial charge is 0.393 e. The van der Waals surface area contributed by atoms with Gasteiger partial charge in [0.2, 0.25) is 10.0 Å². The second kappa shape index (κ2) is 3.46. The van der Waals surface area contributed by atoms with Crippen molar-refractivity contribution in [1.29, 1.82) is 0 Å². The molecule has 0 amide bonds. The van der Waals surface area contributed by atoms with E-state index in [1.807, 2.05) is 0 Å². The van der Waals surface area contributed by atoms with Crippen LogP contribution in [0.15, 0.2) is 4.52 Å². The molecule has 0 radical (unpaired) electrons. The van der Waals surface area contributed by atoms with E-state index in [4.69, 9.17) is 5.53 Å². The molecule has 1 aliphatic heterocycles. The molecule has 5 unspecified atom stereocenters. The van der Waals surface area contributed by atoms with E-state index in [0.29, 0.717) is 6.42 Å². The van der Waals surface area contributed by atoms with Gasteiger partial charge >= 0.3 is 11.9 Å². The molecule has 3 fully saturated rings. The number of carbonyl (C=O) groups excluding carboxylic acids is 2. The molecule has 0 aromatic carbocycles. The van der Waals surface area contributed by atoms with Gasteiger partial charge < -0.3 is 4.74 Å². The monoisotopic (exact) mass is 271 g/mol. The van der Waals surface area contributed by atoms with Crippen LogP contribution in [0.5, 0.6) is 0 Å². The fraction of sp³-hybridized carbons (Fsp3) is 0.778. The lowest BCUT2D eigenvalue weighted by molar-refractivity contribution is -0.154. The first-order valence-electron chi connectivity index (χ1n) is 5.51. The van der Waals surface area contributed by atoms with Gasteiger partial charge in [0.25, 0.3) is 0 Å². The minimum Gasteiger partial charge on any atom is -0.393 e. The average Bonchev–Trinajstić information content (AvgIpc) is 2.91. The van der Waals surface area contributed by atoms with Crippen LogP contribution in [0.1, 0.15) is 12.8 Å². The molecule has 2 saturated carbocycles. The molecule has 96 valence electrons. The van der Waals surface area contributed by atoms with Crippen LogP contribution < -0.4 is 0 Å². The number of cyclic esters (lactones) is 2. The third-order valence-corrected chi connectivity index (χ3v) is 5.83. The molecule has 0 aromatic heterocycles. The second-order valence-electron chi connectivity index (χ2n) is 4.91. The fourth-order valence-corrected chi connectivity index (χ4v) is 5.09. The zero-order chi connectivity index (χ0) is 13.1. The van der Waals surface area contributed by atoms with Crippen molar-refractivity contribution in [2.45, 2.75) is 18.1 Å². The van der Waals surface area contributed by atoms with Gasteiger partial charge in [0.15, 0.2) is 0 Å². The Balaban J connectivity index is 1.97. The van der Waals surface area contributed by atoms with Gasteiger partial charge in [0.1, 0.15) is 0 Å². The van der Waals surface area contributed by atoms with E-state index in [2.05, 4.69) is 14.2 Å².